The van der Waals surface area contributed by atoms with Gasteiger partial charge in [-0.25, -0.2) is 4.90 Å². The highest BCUT2D eigenvalue weighted by atomic mass is 16.5. The molecule has 0 saturated carbocycles. The van der Waals surface area contributed by atoms with Crippen LogP contribution in [0.3, 0.4) is 0 Å². The van der Waals surface area contributed by atoms with Crippen LogP contribution in [0, 0.1) is 0 Å². The molecule has 1 atom stereocenters. The SMILES string of the molecule is CCOc1ccc(N2C(=O)CC(N(CCN3CCOCC3)C(=O)c3ccco3)C2=O)cc1. The molecule has 2 aromatic rings. The molecule has 9 heteroatoms. The first-order valence-corrected chi connectivity index (χ1v) is 10.8. The summed E-state index contributed by atoms with van der Waals surface area (Å²) in [5, 5.41) is 0. The van der Waals surface area contributed by atoms with Crippen LogP contribution in [0.1, 0.15) is 23.9 Å². The molecule has 2 aliphatic heterocycles. The quantitative estimate of drug-likeness (QED) is 0.577. The smallest absolute Gasteiger partial charge is 0.290 e. The molecule has 3 heterocycles. The molecule has 32 heavy (non-hydrogen) atoms. The summed E-state index contributed by atoms with van der Waals surface area (Å²) in [6.45, 7) is 6.09. The second-order valence-corrected chi connectivity index (χ2v) is 7.64. The Morgan fingerprint density at radius 1 is 1.16 bits per heavy atom. The van der Waals surface area contributed by atoms with Gasteiger partial charge in [0, 0.05) is 26.2 Å². The van der Waals surface area contributed by atoms with Crippen molar-refractivity contribution in [3.63, 3.8) is 0 Å². The van der Waals surface area contributed by atoms with Gasteiger partial charge in [0.25, 0.3) is 11.8 Å². The van der Waals surface area contributed by atoms with Crippen LogP contribution < -0.4 is 9.64 Å². The number of hydrogen-bond donors (Lipinski definition) is 0. The minimum atomic E-state index is -0.882. The first kappa shape index (κ1) is 22.0. The van der Waals surface area contributed by atoms with Crippen molar-refractivity contribution in [1.82, 2.24) is 9.80 Å². The van der Waals surface area contributed by atoms with Gasteiger partial charge in [-0.3, -0.25) is 19.3 Å². The zero-order valence-corrected chi connectivity index (χ0v) is 18.1. The fraction of sp³-hybridized carbons (Fsp3) is 0.435. The van der Waals surface area contributed by atoms with E-state index >= 15 is 0 Å². The number of imide groups is 1. The Morgan fingerprint density at radius 3 is 2.56 bits per heavy atom. The van der Waals surface area contributed by atoms with Gasteiger partial charge in [0.15, 0.2) is 5.76 Å². The number of anilines is 1. The predicted octanol–water partition coefficient (Wildman–Crippen LogP) is 1.78. The van der Waals surface area contributed by atoms with Crippen LogP contribution in [-0.4, -0.2) is 79.6 Å². The molecule has 1 aromatic heterocycles. The van der Waals surface area contributed by atoms with Crippen molar-refractivity contribution in [3.05, 3.63) is 48.4 Å². The molecule has 0 spiro atoms. The van der Waals surface area contributed by atoms with Crippen molar-refractivity contribution in [2.75, 3.05) is 50.9 Å². The number of ether oxygens (including phenoxy) is 2. The molecule has 1 aromatic carbocycles. The maximum Gasteiger partial charge on any atom is 0.290 e. The van der Waals surface area contributed by atoms with Gasteiger partial charge in [-0.15, -0.1) is 0 Å². The second-order valence-electron chi connectivity index (χ2n) is 7.64. The molecule has 2 fully saturated rings. The zero-order chi connectivity index (χ0) is 22.5. The van der Waals surface area contributed by atoms with Crippen LogP contribution in [0.15, 0.2) is 47.1 Å². The number of benzene rings is 1. The summed E-state index contributed by atoms with van der Waals surface area (Å²) in [6, 6.07) is 9.10. The first-order chi connectivity index (χ1) is 15.6. The average Bonchev–Trinajstić information content (AvgIpc) is 3.44. The Morgan fingerprint density at radius 2 is 1.91 bits per heavy atom. The van der Waals surface area contributed by atoms with Crippen molar-refractivity contribution < 1.29 is 28.3 Å². The van der Waals surface area contributed by atoms with Crippen LogP contribution in [0.2, 0.25) is 0 Å². The van der Waals surface area contributed by atoms with Crippen molar-refractivity contribution in [3.8, 4) is 5.75 Å². The fourth-order valence-corrected chi connectivity index (χ4v) is 4.00. The fourth-order valence-electron chi connectivity index (χ4n) is 4.00. The highest BCUT2D eigenvalue weighted by molar-refractivity contribution is 6.23. The van der Waals surface area contributed by atoms with Crippen molar-refractivity contribution in [2.45, 2.75) is 19.4 Å². The number of morpholine rings is 1. The van der Waals surface area contributed by atoms with E-state index in [1.807, 2.05) is 6.92 Å². The Balaban J connectivity index is 1.53. The van der Waals surface area contributed by atoms with Crippen molar-refractivity contribution in [2.24, 2.45) is 0 Å². The van der Waals surface area contributed by atoms with Crippen molar-refractivity contribution in [1.29, 1.82) is 0 Å². The lowest BCUT2D eigenvalue weighted by molar-refractivity contribution is -0.122. The number of carbonyl (C=O) groups is 3. The monoisotopic (exact) mass is 441 g/mol. The third-order valence-electron chi connectivity index (χ3n) is 5.66. The lowest BCUT2D eigenvalue weighted by atomic mass is 10.2. The largest absolute Gasteiger partial charge is 0.494 e. The summed E-state index contributed by atoms with van der Waals surface area (Å²) in [4.78, 5) is 44.1. The van der Waals surface area contributed by atoms with Crippen LogP contribution in [0.4, 0.5) is 5.69 Å². The number of hydrogen-bond acceptors (Lipinski definition) is 7. The standard InChI is InChI=1S/C23H27N3O6/c1-2-31-18-7-5-17(6-8-18)26-21(27)16-19(22(26)28)25(23(29)20-4-3-13-32-20)10-9-24-11-14-30-15-12-24/h3-8,13,19H,2,9-12,14-16H2,1H3. The van der Waals surface area contributed by atoms with E-state index in [4.69, 9.17) is 13.9 Å². The van der Waals surface area contributed by atoms with Crippen LogP contribution in [0.5, 0.6) is 5.75 Å². The van der Waals surface area contributed by atoms with Gasteiger partial charge in [-0.05, 0) is 43.3 Å². The van der Waals surface area contributed by atoms with Gasteiger partial charge in [-0.1, -0.05) is 0 Å². The Labute approximate surface area is 186 Å². The minimum absolute atomic E-state index is 0.0679. The maximum absolute atomic E-state index is 13.3. The lowest BCUT2D eigenvalue weighted by Gasteiger charge is -2.31. The molecule has 1 unspecified atom stereocenters. The van der Waals surface area contributed by atoms with E-state index < -0.39 is 17.9 Å². The van der Waals surface area contributed by atoms with Gasteiger partial charge in [-0.2, -0.15) is 0 Å². The average molecular weight is 441 g/mol. The summed E-state index contributed by atoms with van der Waals surface area (Å²) < 4.78 is 16.1. The molecular formula is C23H27N3O6. The molecular weight excluding hydrogens is 414 g/mol. The van der Waals surface area contributed by atoms with Gasteiger partial charge in [0.1, 0.15) is 11.8 Å². The number of furan rings is 1. The number of nitrogens with zero attached hydrogens (tertiary/aromatic N) is 3. The molecule has 170 valence electrons. The van der Waals surface area contributed by atoms with E-state index in [1.54, 1.807) is 36.4 Å². The molecule has 0 N–H and O–H groups in total. The zero-order valence-electron chi connectivity index (χ0n) is 18.1. The highest BCUT2D eigenvalue weighted by Crippen LogP contribution is 2.28. The summed E-state index contributed by atoms with van der Waals surface area (Å²) in [7, 11) is 0. The summed E-state index contributed by atoms with van der Waals surface area (Å²) in [5.41, 5.74) is 0.463. The molecule has 0 aliphatic carbocycles. The Bertz CT molecular complexity index is 937. The van der Waals surface area contributed by atoms with Crippen LogP contribution in [0.25, 0.3) is 0 Å². The Hall–Kier alpha value is -3.17. The molecule has 0 radical (unpaired) electrons. The predicted molar refractivity (Wildman–Crippen MR) is 116 cm³/mol. The molecule has 2 saturated heterocycles. The molecule has 0 bridgehead atoms. The van der Waals surface area contributed by atoms with E-state index in [-0.39, 0.29) is 18.1 Å². The first-order valence-electron chi connectivity index (χ1n) is 10.8. The molecule has 3 amide bonds. The van der Waals surface area contributed by atoms with Gasteiger partial charge >= 0.3 is 0 Å². The summed E-state index contributed by atoms with van der Waals surface area (Å²) in [6.07, 6.45) is 1.35. The molecule has 4 rings (SSSR count). The van der Waals surface area contributed by atoms with E-state index in [0.717, 1.165) is 18.0 Å². The van der Waals surface area contributed by atoms with E-state index in [1.165, 1.54) is 11.2 Å². The number of carbonyl (C=O) groups excluding carboxylic acids is 3. The molecule has 9 nitrogen and oxygen atoms in total. The van der Waals surface area contributed by atoms with Crippen LogP contribution in [-0.2, 0) is 14.3 Å². The van der Waals surface area contributed by atoms with E-state index in [2.05, 4.69) is 4.90 Å². The minimum Gasteiger partial charge on any atom is -0.494 e. The lowest BCUT2D eigenvalue weighted by Crippen LogP contribution is -2.49. The van der Waals surface area contributed by atoms with Crippen molar-refractivity contribution >= 4 is 23.4 Å². The van der Waals surface area contributed by atoms with E-state index in [9.17, 15) is 14.4 Å². The van der Waals surface area contributed by atoms with Crippen LogP contribution >= 0.6 is 0 Å². The molecule has 2 aliphatic rings. The number of rotatable bonds is 8. The van der Waals surface area contributed by atoms with Gasteiger partial charge < -0.3 is 18.8 Å². The second kappa shape index (κ2) is 9.97. The summed E-state index contributed by atoms with van der Waals surface area (Å²) >= 11 is 0. The number of amides is 3. The van der Waals surface area contributed by atoms with E-state index in [0.29, 0.717) is 44.3 Å². The third kappa shape index (κ3) is 4.68. The van der Waals surface area contributed by atoms with Gasteiger partial charge in [0.05, 0.1) is 38.2 Å². The third-order valence-corrected chi connectivity index (χ3v) is 5.66. The summed E-state index contributed by atoms with van der Waals surface area (Å²) in [5.74, 6) is -0.351. The topological polar surface area (TPSA) is 92.5 Å². The highest BCUT2D eigenvalue weighted by Gasteiger charge is 2.45. The normalized spacial score (nSPS) is 19.4. The maximum atomic E-state index is 13.3. The Kier molecular flexibility index (Phi) is 6.87. The van der Waals surface area contributed by atoms with Gasteiger partial charge in [0.2, 0.25) is 5.91 Å².